The van der Waals surface area contributed by atoms with Gasteiger partial charge in [-0.3, -0.25) is 0 Å². The molecule has 6 nitrogen and oxygen atoms in total. The first-order valence-corrected chi connectivity index (χ1v) is 12.8. The lowest BCUT2D eigenvalue weighted by atomic mass is 9.60. The Hall–Kier alpha value is -2.45. The number of nitrogens with zero attached hydrogens (tertiary/aromatic N) is 2. The van der Waals surface area contributed by atoms with Gasteiger partial charge in [-0.15, -0.1) is 0 Å². The Morgan fingerprint density at radius 1 is 0.848 bits per heavy atom. The Morgan fingerprint density at radius 3 is 1.79 bits per heavy atom. The Kier molecular flexibility index (Phi) is 5.29. The summed E-state index contributed by atoms with van der Waals surface area (Å²) in [5.74, 6) is 0.944. The number of benzene rings is 2. The summed E-state index contributed by atoms with van der Waals surface area (Å²) in [4.78, 5) is 14.5. The Labute approximate surface area is 194 Å². The van der Waals surface area contributed by atoms with Gasteiger partial charge in [0.15, 0.2) is 0 Å². The van der Waals surface area contributed by atoms with Crippen LogP contribution < -0.4 is 0 Å². The summed E-state index contributed by atoms with van der Waals surface area (Å²) in [6.07, 6.45) is -0.277. The fourth-order valence-corrected chi connectivity index (χ4v) is 7.13. The summed E-state index contributed by atoms with van der Waals surface area (Å²) in [6, 6.07) is 12.9. The highest BCUT2D eigenvalue weighted by Gasteiger charge is 2.60. The summed E-state index contributed by atoms with van der Waals surface area (Å²) in [5.41, 5.74) is 1.15. The highest BCUT2D eigenvalue weighted by molar-refractivity contribution is 7.89. The number of carbonyl (C=O) groups excluding carboxylic acids is 1. The van der Waals surface area contributed by atoms with Gasteiger partial charge in [-0.05, 0) is 79.8 Å². The van der Waals surface area contributed by atoms with Crippen molar-refractivity contribution in [2.24, 2.45) is 23.7 Å². The zero-order chi connectivity index (χ0) is 23.5. The van der Waals surface area contributed by atoms with Gasteiger partial charge in [0.25, 0.3) is 0 Å². The number of hydrogen-bond acceptors (Lipinski definition) is 4. The van der Waals surface area contributed by atoms with Crippen molar-refractivity contribution in [1.82, 2.24) is 9.21 Å². The van der Waals surface area contributed by atoms with E-state index in [1.807, 2.05) is 20.8 Å². The molecule has 2 aliphatic heterocycles. The van der Waals surface area contributed by atoms with Crippen molar-refractivity contribution in [2.75, 3.05) is 26.2 Å². The van der Waals surface area contributed by atoms with E-state index in [0.29, 0.717) is 38.0 Å². The standard InChI is InChI=1S/C25H29FN2O4S/c1-25(2,3)32-24(29)27-12-20-21(13-27)23-15-28(14-22(20)23)33(30,31)19-10-6-17(7-11-19)16-4-8-18(26)9-5-16/h4-11,20-23H,12-15H2,1-3H3/t20-,21+,22+,23-. The molecule has 3 aliphatic rings. The number of amides is 1. The molecule has 2 aromatic carbocycles. The fraction of sp³-hybridized carbons (Fsp3) is 0.480. The minimum absolute atomic E-state index is 0.273. The monoisotopic (exact) mass is 472 g/mol. The molecule has 33 heavy (non-hydrogen) atoms. The first-order valence-electron chi connectivity index (χ1n) is 11.4. The third-order valence-corrected chi connectivity index (χ3v) is 9.06. The molecule has 0 spiro atoms. The lowest BCUT2D eigenvalue weighted by Gasteiger charge is -2.42. The van der Waals surface area contributed by atoms with Gasteiger partial charge in [-0.25, -0.2) is 17.6 Å². The molecule has 0 aromatic heterocycles. The van der Waals surface area contributed by atoms with Crippen LogP contribution in [-0.2, 0) is 14.8 Å². The number of carbonyl (C=O) groups is 1. The van der Waals surface area contributed by atoms with E-state index in [1.165, 1.54) is 12.1 Å². The zero-order valence-corrected chi connectivity index (χ0v) is 19.9. The van der Waals surface area contributed by atoms with Crippen LogP contribution in [0.4, 0.5) is 9.18 Å². The van der Waals surface area contributed by atoms with Crippen molar-refractivity contribution in [1.29, 1.82) is 0 Å². The van der Waals surface area contributed by atoms with Crippen LogP contribution in [-0.4, -0.2) is 55.5 Å². The Morgan fingerprint density at radius 2 is 1.30 bits per heavy atom. The van der Waals surface area contributed by atoms with Crippen molar-refractivity contribution in [3.8, 4) is 11.1 Å². The third-order valence-electron chi connectivity index (χ3n) is 7.21. The van der Waals surface area contributed by atoms with Gasteiger partial charge in [-0.2, -0.15) is 4.31 Å². The van der Waals surface area contributed by atoms with Crippen LogP contribution in [0.25, 0.3) is 11.1 Å². The molecule has 2 aromatic rings. The average Bonchev–Trinajstić information content (AvgIpc) is 3.32. The summed E-state index contributed by atoms with van der Waals surface area (Å²) < 4.78 is 46.9. The predicted octanol–water partition coefficient (Wildman–Crippen LogP) is 4.23. The van der Waals surface area contributed by atoms with Crippen LogP contribution in [0, 0.1) is 29.5 Å². The summed E-state index contributed by atoms with van der Waals surface area (Å²) in [5, 5.41) is 0. The number of hydrogen-bond donors (Lipinski definition) is 0. The Bertz CT molecular complexity index is 1140. The zero-order valence-electron chi connectivity index (χ0n) is 19.1. The molecule has 1 amide bonds. The predicted molar refractivity (Wildman–Crippen MR) is 122 cm³/mol. The van der Waals surface area contributed by atoms with Crippen molar-refractivity contribution in [2.45, 2.75) is 31.3 Å². The molecule has 4 atom stereocenters. The van der Waals surface area contributed by atoms with E-state index in [-0.39, 0.29) is 28.6 Å². The number of sulfonamides is 1. The largest absolute Gasteiger partial charge is 0.444 e. The maximum atomic E-state index is 13.3. The van der Waals surface area contributed by atoms with Gasteiger partial charge in [-0.1, -0.05) is 24.3 Å². The van der Waals surface area contributed by atoms with Gasteiger partial charge in [0, 0.05) is 26.2 Å². The molecular formula is C25H29FN2O4S. The average molecular weight is 473 g/mol. The Balaban J connectivity index is 1.25. The first kappa shape index (κ1) is 22.3. The van der Waals surface area contributed by atoms with Crippen LogP contribution in [0.1, 0.15) is 20.8 Å². The molecule has 1 aliphatic carbocycles. The van der Waals surface area contributed by atoms with Gasteiger partial charge in [0.2, 0.25) is 10.0 Å². The number of likely N-dealkylation sites (tertiary alicyclic amines) is 1. The van der Waals surface area contributed by atoms with E-state index in [0.717, 1.165) is 11.1 Å². The van der Waals surface area contributed by atoms with E-state index in [1.54, 1.807) is 45.6 Å². The quantitative estimate of drug-likeness (QED) is 0.671. The molecule has 0 unspecified atom stereocenters. The highest BCUT2D eigenvalue weighted by atomic mass is 32.2. The topological polar surface area (TPSA) is 66.9 Å². The van der Waals surface area contributed by atoms with E-state index in [9.17, 15) is 17.6 Å². The molecule has 0 N–H and O–H groups in total. The number of fused-ring (bicyclic) bond motifs is 4. The summed E-state index contributed by atoms with van der Waals surface area (Å²) >= 11 is 0. The van der Waals surface area contributed by atoms with Crippen LogP contribution in [0.3, 0.4) is 0 Å². The van der Waals surface area contributed by atoms with E-state index in [4.69, 9.17) is 4.74 Å². The molecule has 2 heterocycles. The second kappa shape index (κ2) is 7.81. The van der Waals surface area contributed by atoms with Gasteiger partial charge in [0.1, 0.15) is 11.4 Å². The number of ether oxygens (including phenoxy) is 1. The second-order valence-electron chi connectivity index (χ2n) is 10.4. The van der Waals surface area contributed by atoms with E-state index < -0.39 is 15.6 Å². The molecule has 2 saturated heterocycles. The first-order chi connectivity index (χ1) is 15.5. The minimum atomic E-state index is -3.59. The highest BCUT2D eigenvalue weighted by Crippen LogP contribution is 2.55. The fourth-order valence-electron chi connectivity index (χ4n) is 5.62. The lowest BCUT2D eigenvalue weighted by Crippen LogP contribution is -2.44. The maximum absolute atomic E-state index is 13.3. The molecule has 1 saturated carbocycles. The molecule has 3 fully saturated rings. The van der Waals surface area contributed by atoms with Crippen molar-refractivity contribution in [3.63, 3.8) is 0 Å². The normalized spacial score (nSPS) is 27.1. The molecule has 0 bridgehead atoms. The van der Waals surface area contributed by atoms with E-state index in [2.05, 4.69) is 0 Å². The summed E-state index contributed by atoms with van der Waals surface area (Å²) in [6.45, 7) is 7.85. The lowest BCUT2D eigenvalue weighted by molar-refractivity contribution is 0.0286. The van der Waals surface area contributed by atoms with Gasteiger partial charge < -0.3 is 9.64 Å². The van der Waals surface area contributed by atoms with Gasteiger partial charge in [0.05, 0.1) is 4.90 Å². The van der Waals surface area contributed by atoms with Crippen LogP contribution >= 0.6 is 0 Å². The minimum Gasteiger partial charge on any atom is -0.444 e. The van der Waals surface area contributed by atoms with E-state index >= 15 is 0 Å². The number of rotatable bonds is 3. The maximum Gasteiger partial charge on any atom is 0.410 e. The molecular weight excluding hydrogens is 443 g/mol. The molecule has 0 radical (unpaired) electrons. The van der Waals surface area contributed by atoms with Crippen LogP contribution in [0.2, 0.25) is 0 Å². The SMILES string of the molecule is CC(C)(C)OC(=O)N1C[C@@H]2[C@H](C1)[C@H]1CN(S(=O)(=O)c3ccc(-c4ccc(F)cc4)cc3)C[C@@H]21. The van der Waals surface area contributed by atoms with Crippen molar-refractivity contribution >= 4 is 16.1 Å². The molecule has 8 heteroatoms. The molecule has 176 valence electrons. The summed E-state index contributed by atoms with van der Waals surface area (Å²) in [7, 11) is -3.59. The van der Waals surface area contributed by atoms with Crippen LogP contribution in [0.15, 0.2) is 53.4 Å². The number of halogens is 1. The third kappa shape index (κ3) is 4.04. The van der Waals surface area contributed by atoms with Gasteiger partial charge >= 0.3 is 6.09 Å². The second-order valence-corrected chi connectivity index (χ2v) is 12.3. The smallest absolute Gasteiger partial charge is 0.410 e. The molecule has 5 rings (SSSR count). The van der Waals surface area contributed by atoms with Crippen molar-refractivity contribution < 1.29 is 22.3 Å². The van der Waals surface area contributed by atoms with Crippen molar-refractivity contribution in [3.05, 3.63) is 54.3 Å². The van der Waals surface area contributed by atoms with Crippen LogP contribution in [0.5, 0.6) is 0 Å².